The molecule has 1 aliphatic heterocycles. The Morgan fingerprint density at radius 2 is 2.19 bits per heavy atom. The molecule has 0 amide bonds. The Hall–Kier alpha value is -3.87. The van der Waals surface area contributed by atoms with Crippen LogP contribution in [0.2, 0.25) is 0 Å². The molecule has 3 N–H and O–H groups in total. The molecule has 1 fully saturated rings. The Morgan fingerprint density at radius 3 is 2.88 bits per heavy atom. The molecule has 1 saturated heterocycles. The van der Waals surface area contributed by atoms with Gasteiger partial charge >= 0.3 is 0 Å². The van der Waals surface area contributed by atoms with Crippen molar-refractivity contribution in [2.75, 3.05) is 25.0 Å². The van der Waals surface area contributed by atoms with Gasteiger partial charge in [0.1, 0.15) is 18.4 Å². The Morgan fingerprint density at radius 1 is 1.31 bits per heavy atom. The first kappa shape index (κ1) is 21.4. The van der Waals surface area contributed by atoms with Crippen LogP contribution < -0.4 is 15.4 Å². The maximum atomic E-state index is 12.3. The average Bonchev–Trinajstić information content (AvgIpc) is 3.30. The number of hydrogen-bond acceptors (Lipinski definition) is 9. The predicted molar refractivity (Wildman–Crippen MR) is 117 cm³/mol. The van der Waals surface area contributed by atoms with Crippen molar-refractivity contribution in [2.24, 2.45) is 0 Å². The van der Waals surface area contributed by atoms with Gasteiger partial charge in [0, 0.05) is 30.4 Å². The number of ketones is 1. The van der Waals surface area contributed by atoms with E-state index >= 15 is 0 Å². The highest BCUT2D eigenvalue weighted by molar-refractivity contribution is 5.89. The lowest BCUT2D eigenvalue weighted by Crippen LogP contribution is -2.48. The monoisotopic (exact) mass is 430 g/mol. The minimum atomic E-state index is -1.17. The molecule has 3 aromatic rings. The van der Waals surface area contributed by atoms with Gasteiger partial charge in [-0.05, 0) is 49.9 Å². The smallest absolute Gasteiger partial charge is 0.227 e. The van der Waals surface area contributed by atoms with Gasteiger partial charge in [-0.3, -0.25) is 9.78 Å². The van der Waals surface area contributed by atoms with E-state index in [1.807, 2.05) is 19.1 Å². The molecule has 1 atom stereocenters. The summed E-state index contributed by atoms with van der Waals surface area (Å²) in [5.74, 6) is 0.281. The summed E-state index contributed by atoms with van der Waals surface area (Å²) in [7, 11) is 0. The van der Waals surface area contributed by atoms with Crippen molar-refractivity contribution in [2.45, 2.75) is 18.9 Å². The largest absolute Gasteiger partial charge is 0.477 e. The third kappa shape index (κ3) is 4.42. The normalized spacial score (nSPS) is 17.5. The summed E-state index contributed by atoms with van der Waals surface area (Å²) in [5.41, 5.74) is 2.10. The van der Waals surface area contributed by atoms with Crippen LogP contribution in [0.5, 0.6) is 5.75 Å². The second-order valence-corrected chi connectivity index (χ2v) is 7.51. The van der Waals surface area contributed by atoms with Crippen molar-refractivity contribution in [3.8, 4) is 23.1 Å². The molecular formula is C23H22N6O3. The number of carbonyl (C=O) groups excluding carboxylic acids is 1. The van der Waals surface area contributed by atoms with Crippen LogP contribution in [0, 0.1) is 18.3 Å². The number of nitrogens with zero attached hydrogens (tertiary/aromatic N) is 4. The Balaban J connectivity index is 1.60. The molecular weight excluding hydrogens is 408 g/mol. The van der Waals surface area contributed by atoms with Crippen LogP contribution in [0.25, 0.3) is 11.3 Å². The van der Waals surface area contributed by atoms with E-state index in [9.17, 15) is 15.2 Å². The summed E-state index contributed by atoms with van der Waals surface area (Å²) < 4.78 is 5.99. The summed E-state index contributed by atoms with van der Waals surface area (Å²) in [5, 5.41) is 25.2. The molecule has 2 aromatic heterocycles. The van der Waals surface area contributed by atoms with Crippen molar-refractivity contribution in [1.82, 2.24) is 20.3 Å². The number of aliphatic hydroxyl groups excluding tert-OH is 1. The van der Waals surface area contributed by atoms with Crippen LogP contribution in [0.1, 0.15) is 17.7 Å². The highest BCUT2D eigenvalue weighted by Gasteiger charge is 2.43. The van der Waals surface area contributed by atoms with Gasteiger partial charge in [0.2, 0.25) is 11.7 Å². The first-order valence-corrected chi connectivity index (χ1v) is 10.1. The standard InChI is InChI=1S/C23H22N6O3/c1-15-2-4-18(12-27-15)28-22-26-8-6-19(29-22)16-3-5-20(17(10-16)11-24)32-23(21(31)13-30)7-9-25-14-23/h2-6,8,10,12,25,30H,7,9,13-14H2,1H3,(H,26,28,29)/t23-/m1/s1. The van der Waals surface area contributed by atoms with Crippen LogP contribution in [-0.2, 0) is 4.79 Å². The maximum Gasteiger partial charge on any atom is 0.227 e. The van der Waals surface area contributed by atoms with Gasteiger partial charge in [-0.25, -0.2) is 9.97 Å². The number of aliphatic hydroxyl groups is 1. The Bertz CT molecular complexity index is 1170. The number of aryl methyl sites for hydroxylation is 1. The number of anilines is 2. The number of hydrogen-bond donors (Lipinski definition) is 3. The van der Waals surface area contributed by atoms with Crippen LogP contribution in [0.15, 0.2) is 48.8 Å². The SMILES string of the molecule is Cc1ccc(Nc2nccc(-c3ccc(O[C@]4(C(=O)CO)CCNC4)c(C#N)c3)n2)cn1. The lowest BCUT2D eigenvalue weighted by Gasteiger charge is -2.28. The lowest BCUT2D eigenvalue weighted by molar-refractivity contribution is -0.136. The van der Waals surface area contributed by atoms with E-state index in [1.54, 1.807) is 36.7 Å². The fraction of sp³-hybridized carbons (Fsp3) is 0.261. The van der Waals surface area contributed by atoms with Crippen molar-refractivity contribution in [1.29, 1.82) is 5.26 Å². The average molecular weight is 430 g/mol. The van der Waals surface area contributed by atoms with Gasteiger partial charge in [0.05, 0.1) is 23.1 Å². The number of Topliss-reactive ketones (excluding diaryl/α,β-unsaturated/α-hetero) is 1. The van der Waals surface area contributed by atoms with Gasteiger partial charge in [0.25, 0.3) is 0 Å². The minimum absolute atomic E-state index is 0.273. The van der Waals surface area contributed by atoms with E-state index in [0.717, 1.165) is 11.4 Å². The molecule has 0 bridgehead atoms. The molecule has 9 heteroatoms. The fourth-order valence-electron chi connectivity index (χ4n) is 3.52. The van der Waals surface area contributed by atoms with Gasteiger partial charge in [0.15, 0.2) is 5.60 Å². The molecule has 162 valence electrons. The van der Waals surface area contributed by atoms with Crippen molar-refractivity contribution in [3.05, 3.63) is 60.0 Å². The van der Waals surface area contributed by atoms with Gasteiger partial charge < -0.3 is 20.5 Å². The maximum absolute atomic E-state index is 12.3. The summed E-state index contributed by atoms with van der Waals surface area (Å²) in [4.78, 5) is 25.3. The molecule has 0 radical (unpaired) electrons. The predicted octanol–water partition coefficient (Wildman–Crippen LogP) is 2.13. The molecule has 1 aromatic carbocycles. The second kappa shape index (κ2) is 9.09. The zero-order chi connectivity index (χ0) is 22.6. The second-order valence-electron chi connectivity index (χ2n) is 7.51. The third-order valence-corrected chi connectivity index (χ3v) is 5.29. The van der Waals surface area contributed by atoms with E-state index in [1.165, 1.54) is 0 Å². The topological polar surface area (TPSA) is 133 Å². The highest BCUT2D eigenvalue weighted by atomic mass is 16.5. The molecule has 9 nitrogen and oxygen atoms in total. The molecule has 0 saturated carbocycles. The lowest BCUT2D eigenvalue weighted by atomic mass is 9.97. The van der Waals surface area contributed by atoms with Crippen LogP contribution in [0.4, 0.5) is 11.6 Å². The number of aromatic nitrogens is 3. The quantitative estimate of drug-likeness (QED) is 0.515. The molecule has 1 aliphatic rings. The molecule has 3 heterocycles. The summed E-state index contributed by atoms with van der Waals surface area (Å²) in [6.45, 7) is 2.17. The number of ether oxygens (including phenoxy) is 1. The van der Waals surface area contributed by atoms with Crippen LogP contribution in [0.3, 0.4) is 0 Å². The summed E-state index contributed by atoms with van der Waals surface area (Å²) >= 11 is 0. The van der Waals surface area contributed by atoms with E-state index in [0.29, 0.717) is 35.9 Å². The number of nitrogens with one attached hydrogen (secondary N) is 2. The summed E-state index contributed by atoms with van der Waals surface area (Å²) in [6.07, 6.45) is 3.75. The number of carbonyl (C=O) groups is 1. The van der Waals surface area contributed by atoms with Crippen LogP contribution in [-0.4, -0.2) is 51.1 Å². The minimum Gasteiger partial charge on any atom is -0.477 e. The zero-order valence-corrected chi connectivity index (χ0v) is 17.5. The van der Waals surface area contributed by atoms with E-state index in [2.05, 4.69) is 31.7 Å². The van der Waals surface area contributed by atoms with E-state index < -0.39 is 18.0 Å². The third-order valence-electron chi connectivity index (χ3n) is 5.29. The van der Waals surface area contributed by atoms with Gasteiger partial charge in [-0.15, -0.1) is 0 Å². The van der Waals surface area contributed by atoms with Crippen molar-refractivity contribution < 1.29 is 14.6 Å². The number of rotatable bonds is 7. The van der Waals surface area contributed by atoms with E-state index in [-0.39, 0.29) is 12.1 Å². The first-order chi connectivity index (χ1) is 15.5. The number of pyridine rings is 1. The molecule has 4 rings (SSSR count). The molecule has 32 heavy (non-hydrogen) atoms. The fourth-order valence-corrected chi connectivity index (χ4v) is 3.52. The number of benzene rings is 1. The van der Waals surface area contributed by atoms with Gasteiger partial charge in [-0.1, -0.05) is 0 Å². The van der Waals surface area contributed by atoms with Gasteiger partial charge in [-0.2, -0.15) is 5.26 Å². The van der Waals surface area contributed by atoms with E-state index in [4.69, 9.17) is 4.74 Å². The van der Waals surface area contributed by atoms with Crippen LogP contribution >= 0.6 is 0 Å². The van der Waals surface area contributed by atoms with Crippen molar-refractivity contribution >= 4 is 17.4 Å². The molecule has 0 unspecified atom stereocenters. The Labute approximate surface area is 185 Å². The van der Waals surface area contributed by atoms with Crippen molar-refractivity contribution in [3.63, 3.8) is 0 Å². The first-order valence-electron chi connectivity index (χ1n) is 10.1. The highest BCUT2D eigenvalue weighted by Crippen LogP contribution is 2.31. The molecule has 0 spiro atoms. The Kier molecular flexibility index (Phi) is 6.07. The summed E-state index contributed by atoms with van der Waals surface area (Å²) in [6, 6.07) is 12.7. The zero-order valence-electron chi connectivity index (χ0n) is 17.5. The molecule has 0 aliphatic carbocycles. The number of nitriles is 1.